The lowest BCUT2D eigenvalue weighted by Crippen LogP contribution is -2.33. The molecule has 1 aliphatic heterocycles. The number of aromatic amines is 1. The summed E-state index contributed by atoms with van der Waals surface area (Å²) in [5.74, 6) is -2.16. The number of nitrogens with one attached hydrogen (secondary N) is 2. The third-order valence-corrected chi connectivity index (χ3v) is 5.74. The van der Waals surface area contributed by atoms with Crippen LogP contribution in [-0.2, 0) is 9.59 Å². The van der Waals surface area contributed by atoms with E-state index in [0.717, 1.165) is 12.1 Å². The SMILES string of the molecule is O=C1CCC(=O)N1CCNc1nc(Oc2ccc(F)cc2F)nc2n[nH]c(-c3ccccc3Cl)c12. The van der Waals surface area contributed by atoms with Crippen LogP contribution in [0.1, 0.15) is 12.8 Å². The Morgan fingerprint density at radius 1 is 1.09 bits per heavy atom. The Morgan fingerprint density at radius 3 is 2.60 bits per heavy atom. The molecule has 1 aliphatic rings. The van der Waals surface area contributed by atoms with E-state index in [2.05, 4.69) is 25.5 Å². The Morgan fingerprint density at radius 2 is 1.86 bits per heavy atom. The van der Waals surface area contributed by atoms with Crippen LogP contribution in [0.25, 0.3) is 22.3 Å². The van der Waals surface area contributed by atoms with E-state index in [1.165, 1.54) is 4.90 Å². The molecule has 0 atom stereocenters. The summed E-state index contributed by atoms with van der Waals surface area (Å²) >= 11 is 6.37. The summed E-state index contributed by atoms with van der Waals surface area (Å²) in [6.45, 7) is 0.312. The number of ether oxygens (including phenoxy) is 1. The molecule has 178 valence electrons. The fraction of sp³-hybridized carbons (Fsp3) is 0.174. The van der Waals surface area contributed by atoms with Crippen molar-refractivity contribution >= 4 is 40.3 Å². The van der Waals surface area contributed by atoms with Gasteiger partial charge in [-0.1, -0.05) is 29.8 Å². The van der Waals surface area contributed by atoms with E-state index < -0.39 is 11.6 Å². The molecule has 1 saturated heterocycles. The molecule has 0 saturated carbocycles. The second-order valence-electron chi connectivity index (χ2n) is 7.67. The third kappa shape index (κ3) is 4.50. The van der Waals surface area contributed by atoms with Gasteiger partial charge in [0.1, 0.15) is 11.6 Å². The molecule has 0 bridgehead atoms. The van der Waals surface area contributed by atoms with E-state index in [9.17, 15) is 18.4 Å². The highest BCUT2D eigenvalue weighted by molar-refractivity contribution is 6.33. The molecule has 2 aromatic carbocycles. The number of rotatable bonds is 7. The predicted octanol–water partition coefficient (Wildman–Crippen LogP) is 4.30. The third-order valence-electron chi connectivity index (χ3n) is 5.41. The largest absolute Gasteiger partial charge is 0.421 e. The average molecular weight is 499 g/mol. The number of aromatic nitrogens is 4. The number of H-pyrrole nitrogens is 1. The molecule has 2 aromatic heterocycles. The highest BCUT2D eigenvalue weighted by Gasteiger charge is 2.28. The Bertz CT molecular complexity index is 1440. The zero-order chi connectivity index (χ0) is 24.5. The normalized spacial score (nSPS) is 13.6. The summed E-state index contributed by atoms with van der Waals surface area (Å²) < 4.78 is 32.9. The van der Waals surface area contributed by atoms with Crippen LogP contribution in [-0.4, -0.2) is 50.0 Å². The van der Waals surface area contributed by atoms with Crippen molar-refractivity contribution in [3.05, 3.63) is 59.1 Å². The lowest BCUT2D eigenvalue weighted by atomic mass is 10.1. The second kappa shape index (κ2) is 9.26. The van der Waals surface area contributed by atoms with Gasteiger partial charge in [-0.2, -0.15) is 15.1 Å². The molecule has 3 heterocycles. The quantitative estimate of drug-likeness (QED) is 0.365. The van der Waals surface area contributed by atoms with Crippen molar-refractivity contribution in [3.8, 4) is 23.0 Å². The number of fused-ring (bicyclic) bond motifs is 1. The van der Waals surface area contributed by atoms with Crippen molar-refractivity contribution in [2.45, 2.75) is 12.8 Å². The molecule has 0 unspecified atom stereocenters. The van der Waals surface area contributed by atoms with Crippen molar-refractivity contribution in [1.82, 2.24) is 25.1 Å². The minimum atomic E-state index is -0.923. The standard InChI is InChI=1S/C23H17ClF2N6O3/c24-14-4-2-1-3-13(14)20-19-21(27-9-10-32-17(33)7-8-18(32)34)28-23(29-22(19)31-30-20)35-16-6-5-12(25)11-15(16)26/h1-6,11H,7-10H2,(H2,27,28,29,30,31). The fourth-order valence-electron chi connectivity index (χ4n) is 3.75. The summed E-state index contributed by atoms with van der Waals surface area (Å²) in [6.07, 6.45) is 0.381. The molecule has 2 N–H and O–H groups in total. The summed E-state index contributed by atoms with van der Waals surface area (Å²) in [6, 6.07) is 9.71. The van der Waals surface area contributed by atoms with Crippen LogP contribution in [0.2, 0.25) is 5.02 Å². The van der Waals surface area contributed by atoms with Crippen LogP contribution in [0.3, 0.4) is 0 Å². The highest BCUT2D eigenvalue weighted by Crippen LogP contribution is 2.36. The van der Waals surface area contributed by atoms with Crippen LogP contribution in [0.4, 0.5) is 14.6 Å². The summed E-state index contributed by atoms with van der Waals surface area (Å²) in [5.41, 5.74) is 1.37. The first-order valence-electron chi connectivity index (χ1n) is 10.6. The number of halogens is 3. The Hall–Kier alpha value is -4.12. The number of nitrogens with zero attached hydrogens (tertiary/aromatic N) is 4. The Kier molecular flexibility index (Phi) is 6.00. The van der Waals surface area contributed by atoms with Gasteiger partial charge >= 0.3 is 6.01 Å². The summed E-state index contributed by atoms with van der Waals surface area (Å²) in [7, 11) is 0. The molecule has 2 amide bonds. The molecule has 5 rings (SSSR count). The smallest absolute Gasteiger partial charge is 0.326 e. The first-order chi connectivity index (χ1) is 16.9. The molecule has 0 spiro atoms. The van der Waals surface area contributed by atoms with Gasteiger partial charge in [-0.05, 0) is 18.2 Å². The minimum Gasteiger partial charge on any atom is -0.421 e. The molecular weight excluding hydrogens is 482 g/mol. The van der Waals surface area contributed by atoms with Crippen LogP contribution in [0.15, 0.2) is 42.5 Å². The number of imide groups is 1. The lowest BCUT2D eigenvalue weighted by molar-refractivity contribution is -0.138. The average Bonchev–Trinajstić information content (AvgIpc) is 3.39. The number of carbonyl (C=O) groups is 2. The zero-order valence-corrected chi connectivity index (χ0v) is 18.8. The monoisotopic (exact) mass is 498 g/mol. The number of hydrogen-bond donors (Lipinski definition) is 2. The maximum absolute atomic E-state index is 14.1. The number of anilines is 1. The van der Waals surface area contributed by atoms with E-state index in [-0.39, 0.29) is 61.0 Å². The van der Waals surface area contributed by atoms with Crippen molar-refractivity contribution in [3.63, 3.8) is 0 Å². The molecule has 1 fully saturated rings. The van der Waals surface area contributed by atoms with Crippen LogP contribution >= 0.6 is 11.6 Å². The number of benzene rings is 2. The fourth-order valence-corrected chi connectivity index (χ4v) is 3.98. The minimum absolute atomic E-state index is 0.130. The molecule has 12 heteroatoms. The van der Waals surface area contributed by atoms with Crippen LogP contribution in [0, 0.1) is 11.6 Å². The molecule has 0 aliphatic carbocycles. The van der Waals surface area contributed by atoms with E-state index >= 15 is 0 Å². The molecule has 0 radical (unpaired) electrons. The molecular formula is C23H17ClF2N6O3. The van der Waals surface area contributed by atoms with Crippen molar-refractivity contribution in [2.75, 3.05) is 18.4 Å². The van der Waals surface area contributed by atoms with Gasteiger partial charge in [0.25, 0.3) is 0 Å². The van der Waals surface area contributed by atoms with Gasteiger partial charge in [-0.3, -0.25) is 19.6 Å². The van der Waals surface area contributed by atoms with Gasteiger partial charge in [0.05, 0.1) is 11.1 Å². The van der Waals surface area contributed by atoms with Gasteiger partial charge in [-0.15, -0.1) is 0 Å². The van der Waals surface area contributed by atoms with E-state index in [1.54, 1.807) is 24.3 Å². The Labute approximate surface area is 202 Å². The lowest BCUT2D eigenvalue weighted by Gasteiger charge is -2.15. The molecule has 9 nitrogen and oxygen atoms in total. The van der Waals surface area contributed by atoms with Gasteiger partial charge in [0.2, 0.25) is 11.8 Å². The maximum atomic E-state index is 14.1. The van der Waals surface area contributed by atoms with E-state index in [0.29, 0.717) is 27.7 Å². The second-order valence-corrected chi connectivity index (χ2v) is 8.08. The van der Waals surface area contributed by atoms with Gasteiger partial charge < -0.3 is 10.1 Å². The molecule has 4 aromatic rings. The maximum Gasteiger partial charge on any atom is 0.326 e. The van der Waals surface area contributed by atoms with Crippen molar-refractivity contribution < 1.29 is 23.1 Å². The number of amides is 2. The van der Waals surface area contributed by atoms with Crippen LogP contribution in [0.5, 0.6) is 11.8 Å². The van der Waals surface area contributed by atoms with Gasteiger partial charge in [0.15, 0.2) is 17.2 Å². The predicted molar refractivity (Wildman–Crippen MR) is 123 cm³/mol. The highest BCUT2D eigenvalue weighted by atomic mass is 35.5. The number of likely N-dealkylation sites (tertiary alicyclic amines) is 1. The first-order valence-corrected chi connectivity index (χ1v) is 11.0. The van der Waals surface area contributed by atoms with E-state index in [1.807, 2.05) is 0 Å². The van der Waals surface area contributed by atoms with E-state index in [4.69, 9.17) is 16.3 Å². The topological polar surface area (TPSA) is 113 Å². The zero-order valence-electron chi connectivity index (χ0n) is 18.0. The summed E-state index contributed by atoms with van der Waals surface area (Å²) in [4.78, 5) is 33.6. The van der Waals surface area contributed by atoms with Gasteiger partial charge in [0, 0.05) is 42.6 Å². The Balaban J connectivity index is 1.52. The van der Waals surface area contributed by atoms with Crippen molar-refractivity contribution in [2.24, 2.45) is 0 Å². The van der Waals surface area contributed by atoms with Gasteiger partial charge in [-0.25, -0.2) is 8.78 Å². The number of carbonyl (C=O) groups excluding carboxylic acids is 2. The van der Waals surface area contributed by atoms with Crippen LogP contribution < -0.4 is 10.1 Å². The van der Waals surface area contributed by atoms with Crippen molar-refractivity contribution in [1.29, 1.82) is 0 Å². The molecule has 35 heavy (non-hydrogen) atoms. The first kappa shape index (κ1) is 22.7. The summed E-state index contributed by atoms with van der Waals surface area (Å²) in [5, 5.41) is 11.1. The number of hydrogen-bond acceptors (Lipinski definition) is 7.